The number of anilines is 1. The molecule has 172 valence electrons. The fourth-order valence-electron chi connectivity index (χ4n) is 4.23. The summed E-state index contributed by atoms with van der Waals surface area (Å²) in [5, 5.41) is 15.8. The van der Waals surface area contributed by atoms with Gasteiger partial charge in [0.1, 0.15) is 17.4 Å². The van der Waals surface area contributed by atoms with E-state index in [1.807, 2.05) is 45.0 Å². The molecular weight excluding hydrogens is 435 g/mol. The number of nitrogens with zero attached hydrogens (tertiary/aromatic N) is 5. The van der Waals surface area contributed by atoms with Crippen LogP contribution in [0.25, 0.3) is 17.2 Å². The van der Waals surface area contributed by atoms with Crippen LogP contribution in [0.15, 0.2) is 54.7 Å². The highest BCUT2D eigenvalue weighted by Crippen LogP contribution is 2.43. The molecule has 34 heavy (non-hydrogen) atoms. The van der Waals surface area contributed by atoms with Crippen molar-refractivity contribution in [2.24, 2.45) is 0 Å². The Balaban J connectivity index is 1.60. The molecule has 1 atom stereocenters. The lowest BCUT2D eigenvalue weighted by molar-refractivity contribution is -0.116. The highest BCUT2D eigenvalue weighted by molar-refractivity contribution is 5.95. The van der Waals surface area contributed by atoms with E-state index in [0.29, 0.717) is 17.1 Å². The monoisotopic (exact) mass is 458 g/mol. The Hall–Kier alpha value is -4.14. The average Bonchev–Trinajstić information content (AvgIpc) is 3.15. The largest absolute Gasteiger partial charge is 0.491 e. The fraction of sp³-hybridized carbons (Fsp3) is 0.240. The molecule has 2 aromatic heterocycles. The molecule has 0 unspecified atom stereocenters. The molecular formula is C25H23FN6O2. The van der Waals surface area contributed by atoms with Crippen molar-refractivity contribution in [1.82, 2.24) is 25.0 Å². The SMILES string of the molecule is Cc1nn(-c2nncc(-c3ccc(F)cc3)n2)c2c1[C@@H](c1ccccc1OC(C)C)CC(=O)N2. The summed E-state index contributed by atoms with van der Waals surface area (Å²) in [6.45, 7) is 5.83. The van der Waals surface area contributed by atoms with Crippen LogP contribution in [0.4, 0.5) is 10.2 Å². The van der Waals surface area contributed by atoms with Gasteiger partial charge in [-0.1, -0.05) is 18.2 Å². The third kappa shape index (κ3) is 4.00. The third-order valence-corrected chi connectivity index (χ3v) is 5.64. The van der Waals surface area contributed by atoms with E-state index in [1.54, 1.807) is 12.1 Å². The second kappa shape index (κ2) is 8.66. The number of nitrogens with one attached hydrogen (secondary N) is 1. The number of benzene rings is 2. The zero-order valence-corrected chi connectivity index (χ0v) is 19.0. The van der Waals surface area contributed by atoms with Crippen molar-refractivity contribution in [3.63, 3.8) is 0 Å². The molecule has 4 aromatic rings. The van der Waals surface area contributed by atoms with Crippen LogP contribution in [0.5, 0.6) is 5.75 Å². The van der Waals surface area contributed by atoms with Crippen molar-refractivity contribution in [3.8, 4) is 23.0 Å². The normalized spacial score (nSPS) is 15.2. The van der Waals surface area contributed by atoms with Crippen LogP contribution in [0.2, 0.25) is 0 Å². The number of hydrogen-bond donors (Lipinski definition) is 1. The lowest BCUT2D eigenvalue weighted by Gasteiger charge is -2.26. The van der Waals surface area contributed by atoms with Crippen LogP contribution < -0.4 is 10.1 Å². The van der Waals surface area contributed by atoms with Crippen molar-refractivity contribution in [3.05, 3.63) is 77.4 Å². The molecule has 9 heteroatoms. The van der Waals surface area contributed by atoms with Crippen molar-refractivity contribution in [2.45, 2.75) is 39.2 Å². The van der Waals surface area contributed by atoms with Crippen LogP contribution in [-0.4, -0.2) is 37.0 Å². The van der Waals surface area contributed by atoms with Crippen LogP contribution in [0.1, 0.15) is 43.0 Å². The van der Waals surface area contributed by atoms with Gasteiger partial charge in [0.2, 0.25) is 5.91 Å². The first kappa shape index (κ1) is 21.7. The van der Waals surface area contributed by atoms with Gasteiger partial charge in [0.05, 0.1) is 23.7 Å². The molecule has 1 aliphatic heterocycles. The van der Waals surface area contributed by atoms with Crippen molar-refractivity contribution >= 4 is 11.7 Å². The summed E-state index contributed by atoms with van der Waals surface area (Å²) in [6, 6.07) is 13.7. The van der Waals surface area contributed by atoms with Gasteiger partial charge in [-0.05, 0) is 51.1 Å². The molecule has 0 saturated heterocycles. The number of carbonyl (C=O) groups is 1. The maximum Gasteiger partial charge on any atom is 0.272 e. The van der Waals surface area contributed by atoms with Crippen LogP contribution in [0.3, 0.4) is 0 Å². The van der Waals surface area contributed by atoms with Crippen molar-refractivity contribution in [1.29, 1.82) is 0 Å². The molecule has 0 spiro atoms. The van der Waals surface area contributed by atoms with E-state index in [0.717, 1.165) is 22.6 Å². The second-order valence-electron chi connectivity index (χ2n) is 8.42. The Labute approximate surface area is 195 Å². The summed E-state index contributed by atoms with van der Waals surface area (Å²) in [4.78, 5) is 17.3. The van der Waals surface area contributed by atoms with Gasteiger partial charge in [0.25, 0.3) is 5.95 Å². The van der Waals surface area contributed by atoms with Crippen molar-refractivity contribution < 1.29 is 13.9 Å². The maximum atomic E-state index is 13.3. The quantitative estimate of drug-likeness (QED) is 0.475. The Bertz CT molecular complexity index is 1370. The smallest absolute Gasteiger partial charge is 0.272 e. The molecule has 1 N–H and O–H groups in total. The predicted molar refractivity (Wildman–Crippen MR) is 124 cm³/mol. The van der Waals surface area contributed by atoms with Gasteiger partial charge in [0.15, 0.2) is 0 Å². The number of amides is 1. The predicted octanol–water partition coefficient (Wildman–Crippen LogP) is 4.43. The number of aryl methyl sites for hydroxylation is 1. The van der Waals surface area contributed by atoms with Gasteiger partial charge in [-0.2, -0.15) is 14.9 Å². The van der Waals surface area contributed by atoms with E-state index in [-0.39, 0.29) is 36.1 Å². The first-order valence-corrected chi connectivity index (χ1v) is 11.0. The summed E-state index contributed by atoms with van der Waals surface area (Å²) < 4.78 is 20.9. The van der Waals surface area contributed by atoms with Gasteiger partial charge in [-0.15, -0.1) is 5.10 Å². The molecule has 3 heterocycles. The van der Waals surface area contributed by atoms with Gasteiger partial charge >= 0.3 is 0 Å². The minimum atomic E-state index is -0.335. The van der Waals surface area contributed by atoms with E-state index in [4.69, 9.17) is 4.74 Å². The summed E-state index contributed by atoms with van der Waals surface area (Å²) in [6.07, 6.45) is 1.77. The highest BCUT2D eigenvalue weighted by atomic mass is 19.1. The summed E-state index contributed by atoms with van der Waals surface area (Å²) in [5.74, 6) is 0.751. The standard InChI is InChI=1S/C25H23FN6O2/c1-14(2)34-21-7-5-4-6-18(21)19-12-22(33)29-24-23(19)15(3)31-32(24)25-28-20(13-27-30-25)16-8-10-17(26)11-9-16/h4-11,13-14,19H,12H2,1-3H3,(H,29,33)/t19-/m1/s1. The topological polar surface area (TPSA) is 94.8 Å². The lowest BCUT2D eigenvalue weighted by atomic mass is 9.85. The van der Waals surface area contributed by atoms with Gasteiger partial charge in [-0.25, -0.2) is 9.37 Å². The Kier molecular flexibility index (Phi) is 5.53. The minimum Gasteiger partial charge on any atom is -0.491 e. The lowest BCUT2D eigenvalue weighted by Crippen LogP contribution is -2.25. The van der Waals surface area contributed by atoms with Gasteiger partial charge in [-0.3, -0.25) is 4.79 Å². The second-order valence-corrected chi connectivity index (χ2v) is 8.42. The zero-order chi connectivity index (χ0) is 23.8. The molecule has 0 fully saturated rings. The van der Waals surface area contributed by atoms with E-state index in [1.165, 1.54) is 23.0 Å². The highest BCUT2D eigenvalue weighted by Gasteiger charge is 2.34. The first-order chi connectivity index (χ1) is 16.4. The fourth-order valence-corrected chi connectivity index (χ4v) is 4.23. The van der Waals surface area contributed by atoms with E-state index in [2.05, 4.69) is 25.6 Å². The minimum absolute atomic E-state index is 0.00414. The number of carbonyl (C=O) groups excluding carboxylic acids is 1. The molecule has 0 aliphatic carbocycles. The number of aromatic nitrogens is 5. The Morgan fingerprint density at radius 2 is 1.91 bits per heavy atom. The molecule has 0 bridgehead atoms. The van der Waals surface area contributed by atoms with Crippen LogP contribution >= 0.6 is 0 Å². The number of para-hydroxylation sites is 1. The number of ether oxygens (including phenoxy) is 1. The summed E-state index contributed by atoms with van der Waals surface area (Å²) in [5.41, 5.74) is 3.76. The molecule has 2 aromatic carbocycles. The van der Waals surface area contributed by atoms with Crippen molar-refractivity contribution in [2.75, 3.05) is 5.32 Å². The molecule has 1 amide bonds. The van der Waals surface area contributed by atoms with E-state index >= 15 is 0 Å². The number of fused-ring (bicyclic) bond motifs is 1. The third-order valence-electron chi connectivity index (χ3n) is 5.64. The van der Waals surface area contributed by atoms with E-state index < -0.39 is 0 Å². The van der Waals surface area contributed by atoms with Crippen LogP contribution in [0, 0.1) is 12.7 Å². The number of rotatable bonds is 5. The number of hydrogen-bond acceptors (Lipinski definition) is 6. The molecule has 1 aliphatic rings. The van der Waals surface area contributed by atoms with Gasteiger partial charge < -0.3 is 10.1 Å². The van der Waals surface area contributed by atoms with E-state index in [9.17, 15) is 9.18 Å². The van der Waals surface area contributed by atoms with Gasteiger partial charge in [0, 0.05) is 29.0 Å². The zero-order valence-electron chi connectivity index (χ0n) is 19.0. The summed E-state index contributed by atoms with van der Waals surface area (Å²) in [7, 11) is 0. The van der Waals surface area contributed by atoms with Crippen LogP contribution in [-0.2, 0) is 4.79 Å². The Morgan fingerprint density at radius 3 is 2.68 bits per heavy atom. The molecule has 0 saturated carbocycles. The maximum absolute atomic E-state index is 13.3. The summed E-state index contributed by atoms with van der Waals surface area (Å²) >= 11 is 0. The molecule has 8 nitrogen and oxygen atoms in total. The average molecular weight is 458 g/mol. The molecule has 5 rings (SSSR count). The first-order valence-electron chi connectivity index (χ1n) is 11.0. The Morgan fingerprint density at radius 1 is 1.15 bits per heavy atom. The molecule has 0 radical (unpaired) electrons. The number of halogens is 1.